The average Bonchev–Trinajstić information content (AvgIpc) is 3.15. The van der Waals surface area contributed by atoms with Gasteiger partial charge in [-0.05, 0) is 31.2 Å². The highest BCUT2D eigenvalue weighted by molar-refractivity contribution is 7.15. The minimum absolute atomic E-state index is 0.142. The van der Waals surface area contributed by atoms with Gasteiger partial charge >= 0.3 is 0 Å². The Morgan fingerprint density at radius 2 is 2.13 bits per heavy atom. The monoisotopic (exact) mass is 365 g/mol. The molecule has 0 atom stereocenters. The van der Waals surface area contributed by atoms with Crippen LogP contribution in [0.5, 0.6) is 5.75 Å². The highest BCUT2D eigenvalue weighted by Crippen LogP contribution is 2.27. The summed E-state index contributed by atoms with van der Waals surface area (Å²) in [6.07, 6.45) is 0. The van der Waals surface area contributed by atoms with Gasteiger partial charge in [0.1, 0.15) is 5.75 Å². The standard InChI is InChI=1S/C15H12ClN3O2S2/c1-9-6-7-12(22-9)14-18-15(23-19-14)17-13(20)8-21-11-5-3-2-4-10(11)16/h2-7H,8H2,1H3,(H,17,18,19,20). The molecule has 0 saturated carbocycles. The quantitative estimate of drug-likeness (QED) is 0.734. The van der Waals surface area contributed by atoms with E-state index in [0.29, 0.717) is 21.7 Å². The molecule has 0 saturated heterocycles. The van der Waals surface area contributed by atoms with Crippen molar-refractivity contribution in [2.24, 2.45) is 0 Å². The van der Waals surface area contributed by atoms with Crippen LogP contribution < -0.4 is 10.1 Å². The smallest absolute Gasteiger partial charge is 0.264 e. The fraction of sp³-hybridized carbons (Fsp3) is 0.133. The van der Waals surface area contributed by atoms with E-state index < -0.39 is 0 Å². The first-order valence-electron chi connectivity index (χ1n) is 6.69. The average molecular weight is 366 g/mol. The van der Waals surface area contributed by atoms with E-state index in [0.717, 1.165) is 16.4 Å². The number of halogens is 1. The molecule has 8 heteroatoms. The molecule has 0 radical (unpaired) electrons. The number of para-hydroxylation sites is 1. The van der Waals surface area contributed by atoms with Gasteiger partial charge in [-0.1, -0.05) is 23.7 Å². The summed E-state index contributed by atoms with van der Waals surface area (Å²) in [5.74, 6) is 0.779. The molecule has 0 aliphatic heterocycles. The maximum atomic E-state index is 11.9. The highest BCUT2D eigenvalue weighted by Gasteiger charge is 2.12. The Morgan fingerprint density at radius 1 is 1.30 bits per heavy atom. The van der Waals surface area contributed by atoms with Crippen LogP contribution in [-0.4, -0.2) is 21.9 Å². The largest absolute Gasteiger partial charge is 0.482 e. The first-order valence-corrected chi connectivity index (χ1v) is 8.66. The first kappa shape index (κ1) is 15.9. The molecule has 1 aromatic carbocycles. The maximum absolute atomic E-state index is 11.9. The van der Waals surface area contributed by atoms with Gasteiger partial charge in [0, 0.05) is 16.4 Å². The summed E-state index contributed by atoms with van der Waals surface area (Å²) in [5, 5.41) is 3.58. The van der Waals surface area contributed by atoms with Gasteiger partial charge in [0.05, 0.1) is 9.90 Å². The first-order chi connectivity index (χ1) is 11.1. The third-order valence-corrected chi connectivity index (χ3v) is 4.77. The third-order valence-electron chi connectivity index (χ3n) is 2.83. The Hall–Kier alpha value is -1.96. The molecule has 5 nitrogen and oxygen atoms in total. The lowest BCUT2D eigenvalue weighted by Gasteiger charge is -2.06. The van der Waals surface area contributed by atoms with Gasteiger partial charge in [0.2, 0.25) is 5.13 Å². The third kappa shape index (κ3) is 4.07. The summed E-state index contributed by atoms with van der Waals surface area (Å²) in [4.78, 5) is 18.4. The Morgan fingerprint density at radius 3 is 2.87 bits per heavy atom. The number of rotatable bonds is 5. The number of nitrogens with one attached hydrogen (secondary N) is 1. The number of carbonyl (C=O) groups excluding carboxylic acids is 1. The molecule has 3 aromatic rings. The summed E-state index contributed by atoms with van der Waals surface area (Å²) in [7, 11) is 0. The van der Waals surface area contributed by atoms with E-state index in [1.54, 1.807) is 35.6 Å². The van der Waals surface area contributed by atoms with Gasteiger partial charge in [-0.25, -0.2) is 0 Å². The van der Waals surface area contributed by atoms with Gasteiger partial charge in [-0.2, -0.15) is 9.36 Å². The van der Waals surface area contributed by atoms with E-state index in [-0.39, 0.29) is 12.5 Å². The number of hydrogen-bond acceptors (Lipinski definition) is 6. The molecular weight excluding hydrogens is 354 g/mol. The fourth-order valence-corrected chi connectivity index (χ4v) is 3.44. The van der Waals surface area contributed by atoms with Gasteiger partial charge in [-0.3, -0.25) is 10.1 Å². The predicted octanol–water partition coefficient (Wildman–Crippen LogP) is 4.25. The highest BCUT2D eigenvalue weighted by atomic mass is 35.5. The topological polar surface area (TPSA) is 64.1 Å². The van der Waals surface area contributed by atoms with Crippen molar-refractivity contribution in [1.29, 1.82) is 0 Å². The van der Waals surface area contributed by atoms with Crippen molar-refractivity contribution < 1.29 is 9.53 Å². The van der Waals surface area contributed by atoms with Crippen LogP contribution in [0.25, 0.3) is 10.7 Å². The molecule has 118 valence electrons. The molecule has 0 aliphatic rings. The molecule has 0 unspecified atom stereocenters. The number of carbonyl (C=O) groups is 1. The Kier molecular flexibility index (Phi) is 4.90. The van der Waals surface area contributed by atoms with Crippen molar-refractivity contribution in [3.8, 4) is 16.5 Å². The van der Waals surface area contributed by atoms with Crippen LogP contribution in [0.3, 0.4) is 0 Å². The number of nitrogens with zero attached hydrogens (tertiary/aromatic N) is 2. The number of benzene rings is 1. The summed E-state index contributed by atoms with van der Waals surface area (Å²) in [6.45, 7) is 1.88. The van der Waals surface area contributed by atoms with Crippen LogP contribution in [0.4, 0.5) is 5.13 Å². The van der Waals surface area contributed by atoms with E-state index in [2.05, 4.69) is 14.7 Å². The molecule has 0 bridgehead atoms. The number of hydrogen-bond donors (Lipinski definition) is 1. The van der Waals surface area contributed by atoms with Crippen LogP contribution in [0.15, 0.2) is 36.4 Å². The molecule has 0 spiro atoms. The fourth-order valence-electron chi connectivity index (χ4n) is 1.79. The second kappa shape index (κ2) is 7.08. The molecule has 2 aromatic heterocycles. The number of anilines is 1. The van der Waals surface area contributed by atoms with Crippen LogP contribution in [0, 0.1) is 6.92 Å². The van der Waals surface area contributed by atoms with Crippen LogP contribution >= 0.6 is 34.5 Å². The van der Waals surface area contributed by atoms with Crippen LogP contribution in [0.2, 0.25) is 5.02 Å². The molecule has 3 rings (SSSR count). The lowest BCUT2D eigenvalue weighted by molar-refractivity contribution is -0.118. The van der Waals surface area contributed by atoms with Gasteiger partial charge in [-0.15, -0.1) is 11.3 Å². The van der Waals surface area contributed by atoms with E-state index in [9.17, 15) is 4.79 Å². The zero-order valence-electron chi connectivity index (χ0n) is 12.1. The second-order valence-corrected chi connectivity index (χ2v) is 7.05. The predicted molar refractivity (Wildman–Crippen MR) is 93.5 cm³/mol. The molecule has 2 heterocycles. The van der Waals surface area contributed by atoms with Crippen molar-refractivity contribution in [2.75, 3.05) is 11.9 Å². The Balaban J connectivity index is 1.58. The van der Waals surface area contributed by atoms with Gasteiger partial charge in [0.25, 0.3) is 5.91 Å². The minimum atomic E-state index is -0.310. The van der Waals surface area contributed by atoms with Gasteiger partial charge in [0.15, 0.2) is 12.4 Å². The number of aryl methyl sites for hydroxylation is 1. The lowest BCUT2D eigenvalue weighted by Crippen LogP contribution is -2.20. The zero-order chi connectivity index (χ0) is 16.2. The number of thiophene rings is 1. The van der Waals surface area contributed by atoms with E-state index in [1.165, 1.54) is 4.88 Å². The summed E-state index contributed by atoms with van der Waals surface area (Å²) < 4.78 is 9.63. The molecule has 0 fully saturated rings. The van der Waals surface area contributed by atoms with E-state index in [4.69, 9.17) is 16.3 Å². The van der Waals surface area contributed by atoms with Crippen molar-refractivity contribution in [1.82, 2.24) is 9.36 Å². The normalized spacial score (nSPS) is 10.5. The SMILES string of the molecule is Cc1ccc(-c2nsc(NC(=O)COc3ccccc3Cl)n2)s1. The van der Waals surface area contributed by atoms with Gasteiger partial charge < -0.3 is 4.74 Å². The molecule has 23 heavy (non-hydrogen) atoms. The molecular formula is C15H12ClN3O2S2. The molecule has 0 aliphatic carbocycles. The summed E-state index contributed by atoms with van der Waals surface area (Å²) >= 11 is 8.72. The Bertz CT molecular complexity index is 832. The van der Waals surface area contributed by atoms with Crippen LogP contribution in [0.1, 0.15) is 4.88 Å². The van der Waals surface area contributed by atoms with Crippen LogP contribution in [-0.2, 0) is 4.79 Å². The van der Waals surface area contributed by atoms with Crippen molar-refractivity contribution in [2.45, 2.75) is 6.92 Å². The number of aromatic nitrogens is 2. The van der Waals surface area contributed by atoms with Crippen molar-refractivity contribution in [3.63, 3.8) is 0 Å². The second-order valence-electron chi connectivity index (χ2n) is 4.60. The van der Waals surface area contributed by atoms with Crippen molar-refractivity contribution in [3.05, 3.63) is 46.3 Å². The Labute approximate surface area is 146 Å². The number of amides is 1. The van der Waals surface area contributed by atoms with Crippen molar-refractivity contribution >= 4 is 45.5 Å². The number of ether oxygens (including phenoxy) is 1. The molecule has 1 amide bonds. The maximum Gasteiger partial charge on any atom is 0.264 e. The summed E-state index contributed by atoms with van der Waals surface area (Å²) in [5.41, 5.74) is 0. The van der Waals surface area contributed by atoms with E-state index >= 15 is 0 Å². The zero-order valence-corrected chi connectivity index (χ0v) is 14.5. The van der Waals surface area contributed by atoms with E-state index in [1.807, 2.05) is 19.1 Å². The molecule has 1 N–H and O–H groups in total. The lowest BCUT2D eigenvalue weighted by atomic mass is 10.3. The summed E-state index contributed by atoms with van der Waals surface area (Å²) in [6, 6.07) is 11.0. The minimum Gasteiger partial charge on any atom is -0.482 e.